The number of hydrogen-bond acceptors (Lipinski definition) is 4. The number of aromatic nitrogens is 1. The van der Waals surface area contributed by atoms with Crippen molar-refractivity contribution in [3.8, 4) is 0 Å². The van der Waals surface area contributed by atoms with Crippen molar-refractivity contribution in [2.75, 3.05) is 18.8 Å². The van der Waals surface area contributed by atoms with Gasteiger partial charge in [-0.1, -0.05) is 36.4 Å². The van der Waals surface area contributed by atoms with E-state index in [9.17, 15) is 5.11 Å². The highest BCUT2D eigenvalue weighted by Crippen LogP contribution is 2.24. The maximum Gasteiger partial charge on any atom is 0.127 e. The van der Waals surface area contributed by atoms with Gasteiger partial charge in [0.1, 0.15) is 5.82 Å². The van der Waals surface area contributed by atoms with Crippen LogP contribution >= 0.6 is 0 Å². The second-order valence-corrected chi connectivity index (χ2v) is 6.42. The molecule has 0 unspecified atom stereocenters. The number of benzene rings is 1. The topological polar surface area (TPSA) is 62.4 Å². The van der Waals surface area contributed by atoms with E-state index in [2.05, 4.69) is 22.0 Å². The third-order valence-electron chi connectivity index (χ3n) is 4.78. The Labute approximate surface area is 138 Å². The van der Waals surface area contributed by atoms with Gasteiger partial charge in [-0.15, -0.1) is 0 Å². The van der Waals surface area contributed by atoms with Crippen molar-refractivity contribution >= 4 is 5.82 Å². The van der Waals surface area contributed by atoms with E-state index < -0.39 is 0 Å². The zero-order valence-corrected chi connectivity index (χ0v) is 13.4. The lowest BCUT2D eigenvalue weighted by Crippen LogP contribution is -2.38. The van der Waals surface area contributed by atoms with Crippen LogP contribution in [0.25, 0.3) is 0 Å². The zero-order valence-electron chi connectivity index (χ0n) is 13.4. The third kappa shape index (κ3) is 4.30. The molecule has 0 amide bonds. The van der Waals surface area contributed by atoms with Crippen LogP contribution in [0.1, 0.15) is 24.0 Å². The number of nitrogens with zero attached hydrogens (tertiary/aromatic N) is 2. The summed E-state index contributed by atoms with van der Waals surface area (Å²) in [4.78, 5) is 6.55. The molecule has 4 nitrogen and oxygen atoms in total. The molecule has 1 aromatic carbocycles. The fourth-order valence-electron chi connectivity index (χ4n) is 3.34. The molecule has 0 saturated carbocycles. The van der Waals surface area contributed by atoms with E-state index in [0.29, 0.717) is 11.7 Å². The summed E-state index contributed by atoms with van der Waals surface area (Å²) < 4.78 is 0. The van der Waals surface area contributed by atoms with Gasteiger partial charge in [0.05, 0.1) is 6.10 Å². The van der Waals surface area contributed by atoms with E-state index in [4.69, 9.17) is 5.73 Å². The van der Waals surface area contributed by atoms with Crippen LogP contribution in [0.5, 0.6) is 0 Å². The predicted octanol–water partition coefficient (Wildman–Crippen LogP) is 2.48. The average molecular weight is 311 g/mol. The van der Waals surface area contributed by atoms with Crippen LogP contribution < -0.4 is 5.73 Å². The molecule has 2 heterocycles. The summed E-state index contributed by atoms with van der Waals surface area (Å²) >= 11 is 0. The Balaban J connectivity index is 1.49. The molecule has 0 spiro atoms. The number of pyridine rings is 1. The van der Waals surface area contributed by atoms with Gasteiger partial charge in [-0.05, 0) is 49.9 Å². The van der Waals surface area contributed by atoms with Gasteiger partial charge in [0, 0.05) is 18.3 Å². The molecule has 122 valence electrons. The number of aliphatic hydroxyl groups excluding tert-OH is 1. The maximum atomic E-state index is 10.5. The van der Waals surface area contributed by atoms with Crippen LogP contribution in [-0.2, 0) is 13.0 Å². The number of anilines is 1. The number of nitrogens with two attached hydrogens (primary N) is 1. The van der Waals surface area contributed by atoms with Gasteiger partial charge < -0.3 is 10.8 Å². The van der Waals surface area contributed by atoms with E-state index in [0.717, 1.165) is 44.5 Å². The second-order valence-electron chi connectivity index (χ2n) is 6.42. The smallest absolute Gasteiger partial charge is 0.127 e. The first-order valence-electron chi connectivity index (χ1n) is 8.36. The van der Waals surface area contributed by atoms with Gasteiger partial charge in [-0.2, -0.15) is 0 Å². The molecule has 1 atom stereocenters. The summed E-state index contributed by atoms with van der Waals surface area (Å²) in [5.74, 6) is 1.01. The molecule has 3 N–H and O–H groups in total. The Kier molecular flexibility index (Phi) is 5.26. The molecule has 3 rings (SSSR count). The minimum atomic E-state index is -0.247. The van der Waals surface area contributed by atoms with Crippen LogP contribution in [0.15, 0.2) is 48.7 Å². The Morgan fingerprint density at radius 3 is 2.57 bits per heavy atom. The van der Waals surface area contributed by atoms with Crippen molar-refractivity contribution in [3.05, 3.63) is 59.8 Å². The molecule has 0 aliphatic carbocycles. The van der Waals surface area contributed by atoms with Crippen LogP contribution in [0.3, 0.4) is 0 Å². The first kappa shape index (κ1) is 16.0. The van der Waals surface area contributed by atoms with Crippen LogP contribution in [0, 0.1) is 5.92 Å². The van der Waals surface area contributed by atoms with Crippen molar-refractivity contribution < 1.29 is 5.11 Å². The Hall–Kier alpha value is -1.91. The summed E-state index contributed by atoms with van der Waals surface area (Å²) in [6.07, 6.45) is 4.30. The summed E-state index contributed by atoms with van der Waals surface area (Å²) in [6, 6.07) is 14.2. The minimum absolute atomic E-state index is 0.247. The number of rotatable bonds is 5. The quantitative estimate of drug-likeness (QED) is 0.890. The summed E-state index contributed by atoms with van der Waals surface area (Å²) in [5.41, 5.74) is 8.23. The van der Waals surface area contributed by atoms with Gasteiger partial charge in [0.2, 0.25) is 0 Å². The van der Waals surface area contributed by atoms with E-state index in [1.807, 2.05) is 30.3 Å². The number of piperidine rings is 1. The molecule has 0 radical (unpaired) electrons. The van der Waals surface area contributed by atoms with Gasteiger partial charge in [0.15, 0.2) is 0 Å². The molecule has 1 fully saturated rings. The molecule has 2 aromatic rings. The second kappa shape index (κ2) is 7.57. The van der Waals surface area contributed by atoms with Crippen molar-refractivity contribution in [1.29, 1.82) is 0 Å². The van der Waals surface area contributed by atoms with Crippen molar-refractivity contribution in [2.24, 2.45) is 5.92 Å². The monoisotopic (exact) mass is 311 g/mol. The summed E-state index contributed by atoms with van der Waals surface area (Å²) in [6.45, 7) is 2.86. The van der Waals surface area contributed by atoms with Gasteiger partial charge in [-0.3, -0.25) is 4.90 Å². The largest absolute Gasteiger partial charge is 0.392 e. The van der Waals surface area contributed by atoms with E-state index in [1.165, 1.54) is 5.56 Å². The Morgan fingerprint density at radius 2 is 1.87 bits per heavy atom. The molecule has 0 bridgehead atoms. The molecular weight excluding hydrogens is 286 g/mol. The van der Waals surface area contributed by atoms with Crippen LogP contribution in [0.2, 0.25) is 0 Å². The lowest BCUT2D eigenvalue weighted by Gasteiger charge is -2.34. The highest BCUT2D eigenvalue weighted by atomic mass is 16.3. The number of hydrogen-bond donors (Lipinski definition) is 2. The predicted molar refractivity (Wildman–Crippen MR) is 92.8 cm³/mol. The first-order chi connectivity index (χ1) is 11.2. The van der Waals surface area contributed by atoms with Crippen molar-refractivity contribution in [3.63, 3.8) is 0 Å². The van der Waals surface area contributed by atoms with Crippen molar-refractivity contribution in [1.82, 2.24) is 9.88 Å². The van der Waals surface area contributed by atoms with Gasteiger partial charge in [-0.25, -0.2) is 4.98 Å². The highest BCUT2D eigenvalue weighted by molar-refractivity contribution is 5.38. The first-order valence-corrected chi connectivity index (χ1v) is 8.36. The fraction of sp³-hybridized carbons (Fsp3) is 0.421. The van der Waals surface area contributed by atoms with Gasteiger partial charge >= 0.3 is 0 Å². The van der Waals surface area contributed by atoms with Gasteiger partial charge in [0.25, 0.3) is 0 Å². The maximum absolute atomic E-state index is 10.5. The SMILES string of the molecule is Nc1ncccc1CN1CCC([C@@H](O)Cc2ccccc2)CC1. The molecule has 1 aliphatic rings. The average Bonchev–Trinajstić information content (AvgIpc) is 2.58. The lowest BCUT2D eigenvalue weighted by molar-refractivity contribution is 0.0577. The zero-order chi connectivity index (χ0) is 16.1. The number of aliphatic hydroxyl groups is 1. The summed E-state index contributed by atoms with van der Waals surface area (Å²) in [5, 5.41) is 10.5. The molecule has 1 saturated heterocycles. The van der Waals surface area contributed by atoms with Crippen LogP contribution in [0.4, 0.5) is 5.82 Å². The molecule has 23 heavy (non-hydrogen) atoms. The summed E-state index contributed by atoms with van der Waals surface area (Å²) in [7, 11) is 0. The van der Waals surface area contributed by atoms with E-state index >= 15 is 0 Å². The normalized spacial score (nSPS) is 18.0. The highest BCUT2D eigenvalue weighted by Gasteiger charge is 2.25. The minimum Gasteiger partial charge on any atom is -0.392 e. The van der Waals surface area contributed by atoms with Crippen molar-refractivity contribution in [2.45, 2.75) is 31.9 Å². The molecular formula is C19H25N3O. The van der Waals surface area contributed by atoms with E-state index in [-0.39, 0.29) is 6.10 Å². The third-order valence-corrected chi connectivity index (χ3v) is 4.78. The standard InChI is InChI=1S/C19H25N3O/c20-19-17(7-4-10-21-19)14-22-11-8-16(9-12-22)18(23)13-15-5-2-1-3-6-15/h1-7,10,16,18,23H,8-9,11-14H2,(H2,20,21)/t18-/m0/s1. The lowest BCUT2D eigenvalue weighted by atomic mass is 9.88. The molecule has 1 aromatic heterocycles. The molecule has 1 aliphatic heterocycles. The van der Waals surface area contributed by atoms with Crippen LogP contribution in [-0.4, -0.2) is 34.2 Å². The Morgan fingerprint density at radius 1 is 1.13 bits per heavy atom. The van der Waals surface area contributed by atoms with E-state index in [1.54, 1.807) is 6.20 Å². The molecule has 4 heteroatoms. The number of likely N-dealkylation sites (tertiary alicyclic amines) is 1. The number of nitrogen functional groups attached to an aromatic ring is 1. The Bertz CT molecular complexity index is 609. The fourth-order valence-corrected chi connectivity index (χ4v) is 3.34.